The molecule has 1 aromatic rings. The van der Waals surface area contributed by atoms with Gasteiger partial charge < -0.3 is 24.8 Å². The maximum absolute atomic E-state index is 3.32. The first kappa shape index (κ1) is 14.1. The molecule has 0 bridgehead atoms. The molecule has 0 atom stereocenters. The predicted octanol–water partition coefficient (Wildman–Crippen LogP) is -4.12. The van der Waals surface area contributed by atoms with Crippen LogP contribution < -0.4 is 28.8 Å². The monoisotopic (exact) mass is 263 g/mol. The van der Waals surface area contributed by atoms with E-state index >= 15 is 0 Å². The smallest absolute Gasteiger partial charge is 1.00 e. The number of hydrogen-bond donors (Lipinski definition) is 1. The van der Waals surface area contributed by atoms with Crippen molar-refractivity contribution in [2.24, 2.45) is 0 Å². The van der Waals surface area contributed by atoms with Gasteiger partial charge in [0.15, 0.2) is 0 Å². The van der Waals surface area contributed by atoms with Crippen LogP contribution in [0, 0.1) is 6.92 Å². The Bertz CT molecular complexity index is 342. The molecule has 14 heavy (non-hydrogen) atoms. The van der Waals surface area contributed by atoms with Crippen molar-refractivity contribution in [1.82, 2.24) is 4.98 Å². The number of allylic oxidation sites excluding steroid dienone is 4. The Morgan fingerprint density at radius 1 is 1.36 bits per heavy atom. The van der Waals surface area contributed by atoms with Gasteiger partial charge in [-0.1, -0.05) is 0 Å². The summed E-state index contributed by atoms with van der Waals surface area (Å²) < 4.78 is 3.10. The summed E-state index contributed by atoms with van der Waals surface area (Å²) in [5.41, 5.74) is 1.42. The molecule has 0 radical (unpaired) electrons. The Morgan fingerprint density at radius 2 is 2.14 bits per heavy atom. The second-order valence-corrected chi connectivity index (χ2v) is 5.16. The number of halogens is 2. The van der Waals surface area contributed by atoms with Gasteiger partial charge in [0.2, 0.25) is 0 Å². The van der Waals surface area contributed by atoms with E-state index in [0.29, 0.717) is 0 Å². The van der Waals surface area contributed by atoms with Gasteiger partial charge in [0, 0.05) is 0 Å². The number of aromatic amines is 1. The van der Waals surface area contributed by atoms with Crippen LogP contribution in [0.3, 0.4) is 0 Å². The van der Waals surface area contributed by atoms with Gasteiger partial charge in [-0.05, 0) is 0 Å². The van der Waals surface area contributed by atoms with Crippen LogP contribution >= 0.6 is 0 Å². The predicted molar refractivity (Wildman–Crippen MR) is 47.0 cm³/mol. The normalized spacial score (nSPS) is 12.5. The van der Waals surface area contributed by atoms with E-state index in [1.165, 1.54) is 16.0 Å². The fourth-order valence-electron chi connectivity index (χ4n) is 1.28. The fraction of sp³-hybridized carbons (Fsp3) is 0.200. The maximum Gasteiger partial charge on any atom is -1.00 e. The van der Waals surface area contributed by atoms with Crippen LogP contribution in [-0.2, 0) is 19.2 Å². The second-order valence-electron chi connectivity index (χ2n) is 2.98. The van der Waals surface area contributed by atoms with Crippen molar-refractivity contribution in [2.45, 2.75) is 13.3 Å². The molecule has 1 aromatic heterocycles. The molecule has 0 saturated heterocycles. The number of H-pyrrole nitrogens is 1. The average molecular weight is 264 g/mol. The van der Waals surface area contributed by atoms with Crippen molar-refractivity contribution in [1.29, 1.82) is 0 Å². The molecule has 1 aliphatic carbocycles. The van der Waals surface area contributed by atoms with Gasteiger partial charge in [-0.15, -0.1) is 0 Å². The molecule has 2 rings (SSSR count). The van der Waals surface area contributed by atoms with Gasteiger partial charge in [0.05, 0.1) is 0 Å². The third-order valence-corrected chi connectivity index (χ3v) is 4.32. The molecular formula is C10H11Cl2NTi. The molecule has 0 fully saturated rings. The van der Waals surface area contributed by atoms with Crippen LogP contribution in [0.15, 0.2) is 34.4 Å². The van der Waals surface area contributed by atoms with E-state index in [4.69, 9.17) is 0 Å². The number of hydrogen-bond acceptors (Lipinski definition) is 0. The molecule has 0 aliphatic heterocycles. The van der Waals surface area contributed by atoms with Crippen LogP contribution in [0.25, 0.3) is 0 Å². The van der Waals surface area contributed by atoms with E-state index < -0.39 is 0 Å². The van der Waals surface area contributed by atoms with Crippen molar-refractivity contribution >= 4 is 4.00 Å². The Hall–Kier alpha value is 0.0543. The van der Waals surface area contributed by atoms with E-state index in [1.54, 1.807) is 3.88 Å². The fourth-order valence-corrected chi connectivity index (χ4v) is 3.09. The summed E-state index contributed by atoms with van der Waals surface area (Å²) in [6, 6.07) is 2.15. The maximum atomic E-state index is 3.32. The number of rotatable bonds is 2. The summed E-state index contributed by atoms with van der Waals surface area (Å²) in [5, 5.41) is 0. The first-order chi connectivity index (χ1) is 5.86. The van der Waals surface area contributed by atoms with Crippen molar-refractivity contribution in [3.8, 4) is 0 Å². The molecule has 0 saturated carbocycles. The molecule has 0 unspecified atom stereocenters. The van der Waals surface area contributed by atoms with E-state index in [2.05, 4.69) is 36.2 Å². The van der Waals surface area contributed by atoms with Crippen LogP contribution in [0.2, 0.25) is 0 Å². The summed E-state index contributed by atoms with van der Waals surface area (Å²) in [4.78, 5) is 3.32. The van der Waals surface area contributed by atoms with Crippen LogP contribution in [0.1, 0.15) is 12.0 Å². The van der Waals surface area contributed by atoms with Crippen molar-refractivity contribution in [3.63, 3.8) is 0 Å². The largest absolute Gasteiger partial charge is 1.00 e. The van der Waals surface area contributed by atoms with Crippen molar-refractivity contribution in [3.05, 3.63) is 39.9 Å². The standard InChI is InChI=1S/C5H6N.C5H5.2ClH.Ti/c1-5-2-3-6-4-5;1-2-4-5-3-1;;;/h2-3,6H,1H3;1-3H,4H2;2*1H;/q;;;;+2/p-2. The van der Waals surface area contributed by atoms with Gasteiger partial charge in [0.1, 0.15) is 0 Å². The summed E-state index contributed by atoms with van der Waals surface area (Å²) in [5.74, 6) is 0. The molecule has 0 amide bonds. The molecule has 1 heterocycles. The number of nitrogens with one attached hydrogen (secondary N) is 1. The first-order valence-electron chi connectivity index (χ1n) is 4.13. The average Bonchev–Trinajstić information content (AvgIpc) is 2.65. The van der Waals surface area contributed by atoms with Crippen molar-refractivity contribution in [2.75, 3.05) is 0 Å². The molecule has 1 nitrogen and oxygen atoms in total. The van der Waals surface area contributed by atoms with Gasteiger partial charge in [-0.2, -0.15) is 0 Å². The molecule has 4 heteroatoms. The molecular weight excluding hydrogens is 253 g/mol. The van der Waals surface area contributed by atoms with E-state index in [9.17, 15) is 0 Å². The second kappa shape index (κ2) is 6.52. The minimum atomic E-state index is -0.0532. The van der Waals surface area contributed by atoms with Crippen LogP contribution in [0.5, 0.6) is 0 Å². The first-order valence-corrected chi connectivity index (χ1v) is 5.69. The van der Waals surface area contributed by atoms with Gasteiger partial charge in [-0.25, -0.2) is 0 Å². The Kier molecular flexibility index (Phi) is 6.55. The Morgan fingerprint density at radius 3 is 2.64 bits per heavy atom. The van der Waals surface area contributed by atoms with E-state index in [-0.39, 0.29) is 44.0 Å². The topological polar surface area (TPSA) is 15.8 Å². The Labute approximate surface area is 106 Å². The summed E-state index contributed by atoms with van der Waals surface area (Å²) in [6.45, 7) is 2.18. The quantitative estimate of drug-likeness (QED) is 0.522. The zero-order valence-corrected chi connectivity index (χ0v) is 10.9. The number of aryl methyl sites for hydroxylation is 1. The minimum absolute atomic E-state index is 0. The Balaban J connectivity index is 0.000000845. The zero-order chi connectivity index (χ0) is 8.39. The van der Waals surface area contributed by atoms with Gasteiger partial charge in [0.25, 0.3) is 0 Å². The van der Waals surface area contributed by atoms with Crippen LogP contribution in [-0.4, -0.2) is 4.98 Å². The third kappa shape index (κ3) is 3.32. The molecule has 0 aromatic carbocycles. The summed E-state index contributed by atoms with van der Waals surface area (Å²) in [6.07, 6.45) is 9.88. The van der Waals surface area contributed by atoms with Gasteiger partial charge >= 0.3 is 81.4 Å². The summed E-state index contributed by atoms with van der Waals surface area (Å²) >= 11 is -0.0532. The van der Waals surface area contributed by atoms with Crippen molar-refractivity contribution < 1.29 is 44.0 Å². The summed E-state index contributed by atoms with van der Waals surface area (Å²) in [7, 11) is 0. The van der Waals surface area contributed by atoms with Crippen LogP contribution in [0.4, 0.5) is 0 Å². The molecule has 1 N–H and O–H groups in total. The van der Waals surface area contributed by atoms with E-state index in [0.717, 1.165) is 0 Å². The van der Waals surface area contributed by atoms with E-state index in [1.807, 2.05) is 6.20 Å². The molecule has 1 aliphatic rings. The zero-order valence-electron chi connectivity index (χ0n) is 7.85. The molecule has 74 valence electrons. The SMILES string of the molecule is Cc1cc[nH][c]1[Ti+2][C]1=CC=CC1.[Cl-].[Cl-]. The van der Waals surface area contributed by atoms with Gasteiger partial charge in [-0.3, -0.25) is 0 Å². The molecule has 0 spiro atoms. The number of aromatic nitrogens is 1. The minimum Gasteiger partial charge on any atom is -1.00 e. The third-order valence-electron chi connectivity index (χ3n) is 2.01.